The van der Waals surface area contributed by atoms with Gasteiger partial charge < -0.3 is 9.72 Å². The molecule has 1 heterocycles. The molecule has 0 saturated carbocycles. The summed E-state index contributed by atoms with van der Waals surface area (Å²) in [5.41, 5.74) is -0.149. The van der Waals surface area contributed by atoms with Crippen LogP contribution in [0.5, 0.6) is 5.88 Å². The minimum absolute atomic E-state index is 0.0650. The van der Waals surface area contributed by atoms with E-state index in [9.17, 15) is 9.18 Å². The number of methoxy groups -OCH3 is 1. The average Bonchev–Trinajstić information content (AvgIpc) is 2.24. The first-order chi connectivity index (χ1) is 7.13. The molecule has 1 aromatic heterocycles. The number of aromatic nitrogens is 2. The summed E-state index contributed by atoms with van der Waals surface area (Å²) in [4.78, 5) is 17.5. The van der Waals surface area contributed by atoms with Crippen LogP contribution in [0.15, 0.2) is 21.4 Å². The van der Waals surface area contributed by atoms with Crippen molar-refractivity contribution >= 4 is 27.0 Å². The Hall–Kier alpha value is -1.43. The van der Waals surface area contributed by atoms with Gasteiger partial charge in [-0.1, -0.05) is 0 Å². The van der Waals surface area contributed by atoms with E-state index in [1.54, 1.807) is 6.07 Å². The Labute approximate surface area is 92.2 Å². The first kappa shape index (κ1) is 10.1. The van der Waals surface area contributed by atoms with E-state index in [1.807, 2.05) is 0 Å². The van der Waals surface area contributed by atoms with Crippen LogP contribution >= 0.6 is 15.9 Å². The van der Waals surface area contributed by atoms with Crippen LogP contribution in [0.3, 0.4) is 0 Å². The predicted molar refractivity (Wildman–Crippen MR) is 56.6 cm³/mol. The maximum Gasteiger partial charge on any atom is 0.311 e. The molecule has 0 aliphatic carbocycles. The molecule has 0 fully saturated rings. The van der Waals surface area contributed by atoms with E-state index in [4.69, 9.17) is 4.74 Å². The van der Waals surface area contributed by atoms with Crippen molar-refractivity contribution in [3.05, 3.63) is 32.8 Å². The van der Waals surface area contributed by atoms with Gasteiger partial charge in [0.1, 0.15) is 5.52 Å². The third-order valence-corrected chi connectivity index (χ3v) is 2.53. The average molecular weight is 273 g/mol. The van der Waals surface area contributed by atoms with Crippen LogP contribution < -0.4 is 10.3 Å². The van der Waals surface area contributed by atoms with Gasteiger partial charge in [-0.05, 0) is 28.1 Å². The molecule has 1 N–H and O–H groups in total. The Kier molecular flexibility index (Phi) is 2.44. The number of nitrogens with zero attached hydrogens (tertiary/aromatic N) is 1. The molecule has 0 saturated heterocycles. The second-order valence-electron chi connectivity index (χ2n) is 2.83. The second kappa shape index (κ2) is 3.62. The molecule has 1 aromatic carbocycles. The number of rotatable bonds is 1. The topological polar surface area (TPSA) is 55.0 Å². The number of fused-ring (bicyclic) bond motifs is 1. The number of H-pyrrole nitrogens is 1. The molecule has 2 rings (SSSR count). The van der Waals surface area contributed by atoms with E-state index in [0.29, 0.717) is 5.52 Å². The SMILES string of the molecule is COc1nc2ccc(Br)c(F)c2[nH]c1=O. The molecule has 0 spiro atoms. The van der Waals surface area contributed by atoms with Gasteiger partial charge in [-0.3, -0.25) is 4.79 Å². The minimum Gasteiger partial charge on any atom is -0.477 e. The molecular weight excluding hydrogens is 267 g/mol. The zero-order valence-electron chi connectivity index (χ0n) is 7.67. The molecule has 0 radical (unpaired) electrons. The van der Waals surface area contributed by atoms with Crippen molar-refractivity contribution in [3.63, 3.8) is 0 Å². The highest BCUT2D eigenvalue weighted by molar-refractivity contribution is 9.10. The third-order valence-electron chi connectivity index (χ3n) is 1.92. The molecule has 0 bridgehead atoms. The van der Waals surface area contributed by atoms with Gasteiger partial charge in [0.25, 0.3) is 5.88 Å². The van der Waals surface area contributed by atoms with Gasteiger partial charge in [-0.25, -0.2) is 9.37 Å². The van der Waals surface area contributed by atoms with Crippen LogP contribution in [0.25, 0.3) is 11.0 Å². The first-order valence-corrected chi connectivity index (χ1v) is 4.85. The number of ether oxygens (including phenoxy) is 1. The maximum absolute atomic E-state index is 13.5. The number of nitrogens with one attached hydrogen (secondary N) is 1. The van der Waals surface area contributed by atoms with E-state index in [0.717, 1.165) is 0 Å². The van der Waals surface area contributed by atoms with Crippen molar-refractivity contribution in [2.45, 2.75) is 0 Å². The summed E-state index contributed by atoms with van der Waals surface area (Å²) in [6.45, 7) is 0. The summed E-state index contributed by atoms with van der Waals surface area (Å²) in [5.74, 6) is -0.621. The van der Waals surface area contributed by atoms with Gasteiger partial charge in [0.05, 0.1) is 17.1 Å². The van der Waals surface area contributed by atoms with Crippen molar-refractivity contribution in [3.8, 4) is 5.88 Å². The monoisotopic (exact) mass is 272 g/mol. The van der Waals surface area contributed by atoms with E-state index in [2.05, 4.69) is 25.9 Å². The van der Waals surface area contributed by atoms with Crippen LogP contribution in [-0.2, 0) is 0 Å². The van der Waals surface area contributed by atoms with Crippen molar-refractivity contribution < 1.29 is 9.13 Å². The highest BCUT2D eigenvalue weighted by Crippen LogP contribution is 2.21. The highest BCUT2D eigenvalue weighted by Gasteiger charge is 2.10. The maximum atomic E-state index is 13.5. The van der Waals surface area contributed by atoms with Gasteiger partial charge in [-0.2, -0.15) is 0 Å². The smallest absolute Gasteiger partial charge is 0.311 e. The lowest BCUT2D eigenvalue weighted by Gasteiger charge is -2.02. The molecule has 78 valence electrons. The number of benzene rings is 1. The zero-order chi connectivity index (χ0) is 11.0. The van der Waals surface area contributed by atoms with Gasteiger partial charge in [-0.15, -0.1) is 0 Å². The molecule has 6 heteroatoms. The summed E-state index contributed by atoms with van der Waals surface area (Å²) in [5, 5.41) is 0. The Morgan fingerprint density at radius 3 is 2.93 bits per heavy atom. The fourth-order valence-corrected chi connectivity index (χ4v) is 1.55. The molecule has 0 aliphatic rings. The largest absolute Gasteiger partial charge is 0.477 e. The Balaban J connectivity index is 2.87. The highest BCUT2D eigenvalue weighted by atomic mass is 79.9. The third kappa shape index (κ3) is 1.61. The van der Waals surface area contributed by atoms with Crippen LogP contribution in [0.2, 0.25) is 0 Å². The fraction of sp³-hybridized carbons (Fsp3) is 0.111. The second-order valence-corrected chi connectivity index (χ2v) is 3.69. The lowest BCUT2D eigenvalue weighted by atomic mass is 10.3. The van der Waals surface area contributed by atoms with E-state index < -0.39 is 11.4 Å². The normalized spacial score (nSPS) is 10.6. The summed E-state index contributed by atoms with van der Waals surface area (Å²) in [6.07, 6.45) is 0. The molecular formula is C9H6BrFN2O2. The fourth-order valence-electron chi connectivity index (χ4n) is 1.22. The Bertz CT molecular complexity index is 582. The quantitative estimate of drug-likeness (QED) is 0.862. The van der Waals surface area contributed by atoms with Crippen molar-refractivity contribution in [2.24, 2.45) is 0 Å². The Morgan fingerprint density at radius 2 is 2.27 bits per heavy atom. The standard InChI is InChI=1S/C9H6BrFN2O2/c1-15-9-8(14)13-7-5(12-9)3-2-4(10)6(7)11/h2-3H,1H3,(H,13,14). The number of aromatic amines is 1. The molecule has 0 aliphatic heterocycles. The lowest BCUT2D eigenvalue weighted by molar-refractivity contribution is 0.393. The van der Waals surface area contributed by atoms with Crippen LogP contribution in [-0.4, -0.2) is 17.1 Å². The van der Waals surface area contributed by atoms with Gasteiger partial charge >= 0.3 is 5.56 Å². The zero-order valence-corrected chi connectivity index (χ0v) is 9.26. The van der Waals surface area contributed by atoms with Crippen LogP contribution in [0.4, 0.5) is 4.39 Å². The molecule has 15 heavy (non-hydrogen) atoms. The Morgan fingerprint density at radius 1 is 1.53 bits per heavy atom. The van der Waals surface area contributed by atoms with Crippen molar-refractivity contribution in [1.82, 2.24) is 9.97 Å². The molecule has 0 amide bonds. The van der Waals surface area contributed by atoms with E-state index in [1.165, 1.54) is 13.2 Å². The predicted octanol–water partition coefficient (Wildman–Crippen LogP) is 1.83. The van der Waals surface area contributed by atoms with Crippen molar-refractivity contribution in [1.29, 1.82) is 0 Å². The molecule has 4 nitrogen and oxygen atoms in total. The van der Waals surface area contributed by atoms with Gasteiger partial charge in [0.2, 0.25) is 0 Å². The summed E-state index contributed by atoms with van der Waals surface area (Å²) >= 11 is 3.02. The number of halogens is 2. The summed E-state index contributed by atoms with van der Waals surface area (Å²) in [6, 6.07) is 3.10. The van der Waals surface area contributed by atoms with Crippen molar-refractivity contribution in [2.75, 3.05) is 7.11 Å². The lowest BCUT2D eigenvalue weighted by Crippen LogP contribution is -2.12. The minimum atomic E-state index is -0.554. The molecule has 0 atom stereocenters. The van der Waals surface area contributed by atoms with Gasteiger partial charge in [0.15, 0.2) is 5.82 Å². The molecule has 0 unspecified atom stereocenters. The summed E-state index contributed by atoms with van der Waals surface area (Å²) < 4.78 is 18.5. The summed E-state index contributed by atoms with van der Waals surface area (Å²) in [7, 11) is 1.33. The van der Waals surface area contributed by atoms with E-state index >= 15 is 0 Å². The first-order valence-electron chi connectivity index (χ1n) is 4.05. The molecule has 2 aromatic rings. The van der Waals surface area contributed by atoms with Gasteiger partial charge in [0, 0.05) is 0 Å². The number of hydrogen-bond donors (Lipinski definition) is 1. The van der Waals surface area contributed by atoms with E-state index in [-0.39, 0.29) is 15.9 Å². The number of hydrogen-bond acceptors (Lipinski definition) is 3. The van der Waals surface area contributed by atoms with Crippen LogP contribution in [0.1, 0.15) is 0 Å². The van der Waals surface area contributed by atoms with Crippen LogP contribution in [0, 0.1) is 5.82 Å².